The largest absolute Gasteiger partial charge is 0.459 e. The normalized spacial score (nSPS) is 14.1. The van der Waals surface area contributed by atoms with Crippen LogP contribution in [0.15, 0.2) is 71.3 Å². The highest BCUT2D eigenvalue weighted by Crippen LogP contribution is 2.39. The molecule has 5 rings (SSSR count). The van der Waals surface area contributed by atoms with Crippen LogP contribution in [0, 0.1) is 0 Å². The number of nitrogen functional groups attached to an aromatic ring is 1. The summed E-state index contributed by atoms with van der Waals surface area (Å²) in [5.74, 6) is -0.159. The van der Waals surface area contributed by atoms with Crippen LogP contribution in [0.5, 0.6) is 0 Å². The van der Waals surface area contributed by atoms with Crippen LogP contribution in [0.2, 0.25) is 0 Å². The minimum Gasteiger partial charge on any atom is -0.459 e. The molecule has 1 aliphatic rings. The highest BCUT2D eigenvalue weighted by atomic mass is 19.4. The second-order valence-electron chi connectivity index (χ2n) is 9.21. The molecular weight excluding hydrogens is 525 g/mol. The van der Waals surface area contributed by atoms with Gasteiger partial charge in [0.15, 0.2) is 0 Å². The van der Waals surface area contributed by atoms with Crippen molar-refractivity contribution in [3.05, 3.63) is 89.3 Å². The summed E-state index contributed by atoms with van der Waals surface area (Å²) in [5.41, 5.74) is 6.05. The zero-order chi connectivity index (χ0) is 28.3. The number of nitrogens with one attached hydrogen (secondary N) is 1. The van der Waals surface area contributed by atoms with Crippen LogP contribution in [0.3, 0.4) is 0 Å². The van der Waals surface area contributed by atoms with Gasteiger partial charge in [-0.1, -0.05) is 12.1 Å². The van der Waals surface area contributed by atoms with Gasteiger partial charge in [-0.2, -0.15) is 13.2 Å². The molecule has 2 aromatic carbocycles. The maximum Gasteiger partial charge on any atom is 0.420 e. The number of pyridine rings is 1. The van der Waals surface area contributed by atoms with E-state index in [9.17, 15) is 22.8 Å². The SMILES string of the molecule is Nc1ccc(C=CC(=O)NCc2cc3cc(-c4cccc(C(=O)N5CCOCC5)c4)cc(C(F)(F)F)c3o2)cn1. The molecule has 8 nitrogen and oxygen atoms in total. The number of alkyl halides is 3. The van der Waals surface area contributed by atoms with Crippen molar-refractivity contribution >= 4 is 34.7 Å². The first-order valence-electron chi connectivity index (χ1n) is 12.5. The van der Waals surface area contributed by atoms with Gasteiger partial charge in [0.25, 0.3) is 5.91 Å². The summed E-state index contributed by atoms with van der Waals surface area (Å²) in [6.07, 6.45) is -0.376. The molecule has 2 amide bonds. The molecule has 1 aliphatic heterocycles. The first kappa shape index (κ1) is 26.9. The topological polar surface area (TPSA) is 111 Å². The van der Waals surface area contributed by atoms with E-state index in [1.54, 1.807) is 47.4 Å². The standard InChI is InChI=1S/C29H25F3N4O4/c30-29(31,32)24-15-21(19-2-1-3-20(12-19)28(38)36-8-10-39-11-9-36)13-22-14-23(40-27(22)24)17-35-26(37)7-5-18-4-6-25(33)34-16-18/h1-7,12-16H,8-11,17H2,(H2,33,34)(H,35,37). The lowest BCUT2D eigenvalue weighted by Gasteiger charge is -2.27. The average Bonchev–Trinajstić information content (AvgIpc) is 3.38. The van der Waals surface area contributed by atoms with Crippen LogP contribution in [-0.4, -0.2) is 48.0 Å². The Kier molecular flexibility index (Phi) is 7.56. The maximum absolute atomic E-state index is 14.0. The number of benzene rings is 2. The number of amides is 2. The lowest BCUT2D eigenvalue weighted by atomic mass is 9.98. The molecule has 0 bridgehead atoms. The predicted molar refractivity (Wildman–Crippen MR) is 143 cm³/mol. The van der Waals surface area contributed by atoms with E-state index in [1.807, 2.05) is 0 Å². The summed E-state index contributed by atoms with van der Waals surface area (Å²) in [7, 11) is 0. The molecule has 0 radical (unpaired) electrons. The zero-order valence-corrected chi connectivity index (χ0v) is 21.2. The van der Waals surface area contributed by atoms with Gasteiger partial charge in [-0.05, 0) is 65.2 Å². The minimum absolute atomic E-state index is 0.117. The molecule has 0 saturated carbocycles. The van der Waals surface area contributed by atoms with Gasteiger partial charge in [-0.3, -0.25) is 9.59 Å². The number of carbonyl (C=O) groups is 2. The Balaban J connectivity index is 1.38. The smallest absolute Gasteiger partial charge is 0.420 e. The summed E-state index contributed by atoms with van der Waals surface area (Å²) >= 11 is 0. The number of hydrogen-bond donors (Lipinski definition) is 2. The Morgan fingerprint density at radius 3 is 2.58 bits per heavy atom. The molecule has 4 aromatic rings. The molecule has 206 valence electrons. The fourth-order valence-electron chi connectivity index (χ4n) is 4.37. The number of halogens is 3. The number of nitrogens with zero attached hydrogens (tertiary/aromatic N) is 2. The Bertz CT molecular complexity index is 1570. The zero-order valence-electron chi connectivity index (χ0n) is 21.2. The molecular formula is C29H25F3N4O4. The van der Waals surface area contributed by atoms with E-state index in [2.05, 4.69) is 10.3 Å². The second-order valence-corrected chi connectivity index (χ2v) is 9.21. The van der Waals surface area contributed by atoms with Crippen molar-refractivity contribution in [3.8, 4) is 11.1 Å². The lowest BCUT2D eigenvalue weighted by molar-refractivity contribution is -0.136. The minimum atomic E-state index is -4.69. The molecule has 1 fully saturated rings. The second kappa shape index (κ2) is 11.2. The fourth-order valence-corrected chi connectivity index (χ4v) is 4.37. The molecule has 11 heteroatoms. The number of ether oxygens (including phenoxy) is 1. The van der Waals surface area contributed by atoms with Crippen LogP contribution < -0.4 is 11.1 Å². The fraction of sp³-hybridized carbons (Fsp3) is 0.207. The number of morpholine rings is 1. The average molecular weight is 551 g/mol. The third-order valence-electron chi connectivity index (χ3n) is 6.39. The molecule has 0 unspecified atom stereocenters. The van der Waals surface area contributed by atoms with Crippen LogP contribution in [-0.2, 0) is 22.3 Å². The Labute approximate surface area is 227 Å². The molecule has 0 spiro atoms. The Morgan fingerprint density at radius 1 is 1.05 bits per heavy atom. The van der Waals surface area contributed by atoms with Crippen LogP contribution in [0.25, 0.3) is 28.2 Å². The summed E-state index contributed by atoms with van der Waals surface area (Å²) in [5, 5.41) is 2.82. The number of rotatable bonds is 6. The summed E-state index contributed by atoms with van der Waals surface area (Å²) in [6, 6.07) is 13.9. The Hall–Kier alpha value is -4.64. The van der Waals surface area contributed by atoms with E-state index in [-0.39, 0.29) is 34.7 Å². The number of hydrogen-bond acceptors (Lipinski definition) is 6. The van der Waals surface area contributed by atoms with E-state index >= 15 is 0 Å². The first-order valence-corrected chi connectivity index (χ1v) is 12.5. The molecule has 3 N–H and O–H groups in total. The number of anilines is 1. The number of carbonyl (C=O) groups excluding carboxylic acids is 2. The molecule has 1 saturated heterocycles. The highest BCUT2D eigenvalue weighted by molar-refractivity contribution is 5.96. The van der Waals surface area contributed by atoms with Gasteiger partial charge in [-0.25, -0.2) is 4.98 Å². The Morgan fingerprint density at radius 2 is 1.85 bits per heavy atom. The van der Waals surface area contributed by atoms with Gasteiger partial charge in [0.1, 0.15) is 17.2 Å². The molecule has 40 heavy (non-hydrogen) atoms. The maximum atomic E-state index is 14.0. The van der Waals surface area contributed by atoms with E-state index < -0.39 is 17.6 Å². The predicted octanol–water partition coefficient (Wildman–Crippen LogP) is 4.90. The van der Waals surface area contributed by atoms with Crippen molar-refractivity contribution in [2.45, 2.75) is 12.7 Å². The highest BCUT2D eigenvalue weighted by Gasteiger charge is 2.35. The van der Waals surface area contributed by atoms with E-state index in [1.165, 1.54) is 24.4 Å². The quantitative estimate of drug-likeness (QED) is 0.331. The third kappa shape index (κ3) is 6.15. The third-order valence-corrected chi connectivity index (χ3v) is 6.39. The van der Waals surface area contributed by atoms with Crippen molar-refractivity contribution in [3.63, 3.8) is 0 Å². The van der Waals surface area contributed by atoms with Crippen LogP contribution >= 0.6 is 0 Å². The van der Waals surface area contributed by atoms with E-state index in [4.69, 9.17) is 14.9 Å². The lowest BCUT2D eigenvalue weighted by Crippen LogP contribution is -2.40. The number of fused-ring (bicyclic) bond motifs is 1. The van der Waals surface area contributed by atoms with Gasteiger partial charge in [0, 0.05) is 36.3 Å². The van der Waals surface area contributed by atoms with Crippen molar-refractivity contribution in [2.75, 3.05) is 32.0 Å². The summed E-state index contributed by atoms with van der Waals surface area (Å²) in [6.45, 7) is 1.67. The molecule has 3 heterocycles. The number of furan rings is 1. The molecule has 0 atom stereocenters. The van der Waals surface area contributed by atoms with Gasteiger partial charge in [-0.15, -0.1) is 0 Å². The van der Waals surface area contributed by atoms with Crippen LogP contribution in [0.4, 0.5) is 19.0 Å². The van der Waals surface area contributed by atoms with Gasteiger partial charge < -0.3 is 25.1 Å². The van der Waals surface area contributed by atoms with Gasteiger partial charge >= 0.3 is 6.18 Å². The molecule has 2 aromatic heterocycles. The number of aromatic nitrogens is 1. The van der Waals surface area contributed by atoms with Crippen molar-refractivity contribution in [2.24, 2.45) is 0 Å². The van der Waals surface area contributed by atoms with Crippen molar-refractivity contribution < 1.29 is 31.9 Å². The summed E-state index contributed by atoms with van der Waals surface area (Å²) < 4.78 is 53.0. The summed E-state index contributed by atoms with van der Waals surface area (Å²) in [4.78, 5) is 30.7. The van der Waals surface area contributed by atoms with Crippen molar-refractivity contribution in [1.29, 1.82) is 0 Å². The number of nitrogens with two attached hydrogens (primary N) is 1. The monoisotopic (exact) mass is 550 g/mol. The van der Waals surface area contributed by atoms with E-state index in [0.717, 1.165) is 6.07 Å². The van der Waals surface area contributed by atoms with Crippen LogP contribution in [0.1, 0.15) is 27.2 Å². The van der Waals surface area contributed by atoms with Crippen molar-refractivity contribution in [1.82, 2.24) is 15.2 Å². The molecule has 0 aliphatic carbocycles. The van der Waals surface area contributed by atoms with Gasteiger partial charge in [0.2, 0.25) is 5.91 Å². The first-order chi connectivity index (χ1) is 19.2. The van der Waals surface area contributed by atoms with Gasteiger partial charge in [0.05, 0.1) is 25.3 Å². The van der Waals surface area contributed by atoms with E-state index in [0.29, 0.717) is 48.8 Å².